The van der Waals surface area contributed by atoms with Gasteiger partial charge in [0.2, 0.25) is 0 Å². The third-order valence-corrected chi connectivity index (χ3v) is 3.32. The molecular weight excluding hydrogens is 234 g/mol. The van der Waals surface area contributed by atoms with Gasteiger partial charge in [-0.1, -0.05) is 29.8 Å². The maximum absolute atomic E-state index is 5.65. The molecule has 0 aliphatic heterocycles. The number of rotatable bonds is 3. The number of aromatic nitrogens is 2. The lowest BCUT2D eigenvalue weighted by Gasteiger charge is -1.98. The molecule has 0 saturated heterocycles. The summed E-state index contributed by atoms with van der Waals surface area (Å²) in [5, 5.41) is 0. The fourth-order valence-corrected chi connectivity index (χ4v) is 2.20. The summed E-state index contributed by atoms with van der Waals surface area (Å²) >= 11 is 0. The number of nitrogens with two attached hydrogens (primary N) is 1. The Hall–Kier alpha value is -2.13. The summed E-state index contributed by atoms with van der Waals surface area (Å²) in [6.07, 6.45) is 4.96. The molecule has 2 N–H and O–H groups in total. The van der Waals surface area contributed by atoms with Crippen LogP contribution in [0.15, 0.2) is 48.8 Å². The minimum Gasteiger partial charge on any atom is -0.326 e. The number of aryl methyl sites for hydroxylation is 1. The van der Waals surface area contributed by atoms with E-state index in [4.69, 9.17) is 5.73 Å². The van der Waals surface area contributed by atoms with E-state index >= 15 is 0 Å². The van der Waals surface area contributed by atoms with Crippen molar-refractivity contribution in [2.24, 2.45) is 5.73 Å². The standard InChI is InChI=1S/C16H17N3/c1-12-2-4-13(5-3-12)8-15-11-19-7-6-14(10-17)9-16(19)18-15/h2-7,9,11H,8,10,17H2,1H3. The number of benzene rings is 1. The van der Waals surface area contributed by atoms with Crippen molar-refractivity contribution in [1.29, 1.82) is 0 Å². The molecule has 0 spiro atoms. The van der Waals surface area contributed by atoms with E-state index in [1.54, 1.807) is 0 Å². The third-order valence-electron chi connectivity index (χ3n) is 3.32. The lowest BCUT2D eigenvalue weighted by Crippen LogP contribution is -1.96. The lowest BCUT2D eigenvalue weighted by atomic mass is 10.1. The van der Waals surface area contributed by atoms with E-state index in [0.29, 0.717) is 6.54 Å². The fourth-order valence-electron chi connectivity index (χ4n) is 2.20. The molecule has 0 aliphatic rings. The van der Waals surface area contributed by atoms with E-state index in [2.05, 4.69) is 42.4 Å². The summed E-state index contributed by atoms with van der Waals surface area (Å²) in [6, 6.07) is 12.7. The van der Waals surface area contributed by atoms with Gasteiger partial charge in [-0.3, -0.25) is 0 Å². The Kier molecular flexibility index (Phi) is 3.05. The van der Waals surface area contributed by atoms with E-state index in [0.717, 1.165) is 23.3 Å². The topological polar surface area (TPSA) is 43.3 Å². The van der Waals surface area contributed by atoms with E-state index in [1.807, 2.05) is 22.7 Å². The molecule has 2 heterocycles. The van der Waals surface area contributed by atoms with Crippen molar-refractivity contribution in [3.8, 4) is 0 Å². The first-order valence-electron chi connectivity index (χ1n) is 6.47. The second kappa shape index (κ2) is 4.86. The van der Waals surface area contributed by atoms with Crippen molar-refractivity contribution in [2.75, 3.05) is 0 Å². The summed E-state index contributed by atoms with van der Waals surface area (Å²) in [5.41, 5.74) is 11.4. The van der Waals surface area contributed by atoms with Crippen LogP contribution in [0.4, 0.5) is 0 Å². The average molecular weight is 251 g/mol. The van der Waals surface area contributed by atoms with Gasteiger partial charge in [-0.05, 0) is 30.2 Å². The Morgan fingerprint density at radius 2 is 1.89 bits per heavy atom. The predicted molar refractivity (Wildman–Crippen MR) is 77.1 cm³/mol. The summed E-state index contributed by atoms with van der Waals surface area (Å²) < 4.78 is 2.04. The zero-order valence-corrected chi connectivity index (χ0v) is 11.0. The largest absolute Gasteiger partial charge is 0.326 e. The van der Waals surface area contributed by atoms with Crippen LogP contribution in [0.25, 0.3) is 5.65 Å². The van der Waals surface area contributed by atoms with Gasteiger partial charge >= 0.3 is 0 Å². The second-order valence-electron chi connectivity index (χ2n) is 4.90. The van der Waals surface area contributed by atoms with Crippen molar-refractivity contribution in [1.82, 2.24) is 9.38 Å². The SMILES string of the molecule is Cc1ccc(Cc2cn3ccc(CN)cc3n2)cc1. The molecule has 0 bridgehead atoms. The molecule has 0 radical (unpaired) electrons. The van der Waals surface area contributed by atoms with E-state index in [-0.39, 0.29) is 0 Å². The van der Waals surface area contributed by atoms with E-state index < -0.39 is 0 Å². The van der Waals surface area contributed by atoms with Crippen LogP contribution in [0.3, 0.4) is 0 Å². The first-order valence-corrected chi connectivity index (χ1v) is 6.47. The van der Waals surface area contributed by atoms with Crippen molar-refractivity contribution in [2.45, 2.75) is 19.9 Å². The smallest absolute Gasteiger partial charge is 0.137 e. The van der Waals surface area contributed by atoms with Gasteiger partial charge in [-0.25, -0.2) is 4.98 Å². The van der Waals surface area contributed by atoms with Crippen LogP contribution in [0.1, 0.15) is 22.4 Å². The van der Waals surface area contributed by atoms with Crippen molar-refractivity contribution < 1.29 is 0 Å². The Bertz CT molecular complexity index is 696. The summed E-state index contributed by atoms with van der Waals surface area (Å²) in [5.74, 6) is 0. The summed E-state index contributed by atoms with van der Waals surface area (Å²) in [6.45, 7) is 2.65. The van der Waals surface area contributed by atoms with Crippen molar-refractivity contribution >= 4 is 5.65 Å². The third kappa shape index (κ3) is 2.51. The molecule has 19 heavy (non-hydrogen) atoms. The van der Waals surface area contributed by atoms with Gasteiger partial charge in [-0.2, -0.15) is 0 Å². The molecule has 0 fully saturated rings. The highest BCUT2D eigenvalue weighted by atomic mass is 15.0. The minimum atomic E-state index is 0.552. The molecule has 0 amide bonds. The summed E-state index contributed by atoms with van der Waals surface area (Å²) in [7, 11) is 0. The average Bonchev–Trinajstić information content (AvgIpc) is 2.82. The van der Waals surface area contributed by atoms with Gasteiger partial charge in [0.15, 0.2) is 0 Å². The lowest BCUT2D eigenvalue weighted by molar-refractivity contribution is 1.05. The molecule has 96 valence electrons. The molecule has 3 nitrogen and oxygen atoms in total. The van der Waals surface area contributed by atoms with Crippen LogP contribution in [0.2, 0.25) is 0 Å². The van der Waals surface area contributed by atoms with Crippen LogP contribution in [-0.2, 0) is 13.0 Å². The highest BCUT2D eigenvalue weighted by molar-refractivity contribution is 5.43. The van der Waals surface area contributed by atoms with Crippen LogP contribution in [-0.4, -0.2) is 9.38 Å². The minimum absolute atomic E-state index is 0.552. The molecule has 0 atom stereocenters. The number of imidazole rings is 1. The molecule has 0 aliphatic carbocycles. The predicted octanol–water partition coefficient (Wildman–Crippen LogP) is 2.69. The number of hydrogen-bond acceptors (Lipinski definition) is 2. The molecule has 0 saturated carbocycles. The number of hydrogen-bond donors (Lipinski definition) is 1. The van der Waals surface area contributed by atoms with Crippen LogP contribution in [0.5, 0.6) is 0 Å². The molecule has 3 heteroatoms. The zero-order chi connectivity index (χ0) is 13.2. The van der Waals surface area contributed by atoms with Gasteiger partial charge in [-0.15, -0.1) is 0 Å². The molecule has 1 aromatic carbocycles. The van der Waals surface area contributed by atoms with Gasteiger partial charge in [0.1, 0.15) is 5.65 Å². The van der Waals surface area contributed by atoms with Crippen molar-refractivity contribution in [3.63, 3.8) is 0 Å². The Balaban J connectivity index is 1.90. The first-order chi connectivity index (χ1) is 9.24. The first kappa shape index (κ1) is 11.9. The monoisotopic (exact) mass is 251 g/mol. The van der Waals surface area contributed by atoms with Crippen LogP contribution >= 0.6 is 0 Å². The molecule has 3 aromatic rings. The summed E-state index contributed by atoms with van der Waals surface area (Å²) in [4.78, 5) is 4.65. The molecule has 0 unspecified atom stereocenters. The number of nitrogens with zero attached hydrogens (tertiary/aromatic N) is 2. The molecular formula is C16H17N3. The number of fused-ring (bicyclic) bond motifs is 1. The zero-order valence-electron chi connectivity index (χ0n) is 11.0. The van der Waals surface area contributed by atoms with Crippen LogP contribution in [0, 0.1) is 6.92 Å². The Morgan fingerprint density at radius 1 is 1.11 bits per heavy atom. The maximum atomic E-state index is 5.65. The van der Waals surface area contributed by atoms with Gasteiger partial charge in [0.05, 0.1) is 5.69 Å². The van der Waals surface area contributed by atoms with Gasteiger partial charge < -0.3 is 10.1 Å². The molecule has 2 aromatic heterocycles. The Morgan fingerprint density at radius 3 is 2.63 bits per heavy atom. The highest BCUT2D eigenvalue weighted by Gasteiger charge is 2.03. The highest BCUT2D eigenvalue weighted by Crippen LogP contribution is 2.12. The maximum Gasteiger partial charge on any atom is 0.137 e. The van der Waals surface area contributed by atoms with Gasteiger partial charge in [0.25, 0.3) is 0 Å². The number of pyridine rings is 1. The van der Waals surface area contributed by atoms with Gasteiger partial charge in [0, 0.05) is 25.4 Å². The Labute approximate surface area is 112 Å². The molecule has 3 rings (SSSR count). The van der Waals surface area contributed by atoms with E-state index in [1.165, 1.54) is 11.1 Å². The normalized spacial score (nSPS) is 11.1. The second-order valence-corrected chi connectivity index (χ2v) is 4.90. The quantitative estimate of drug-likeness (QED) is 0.777. The van der Waals surface area contributed by atoms with Crippen LogP contribution < -0.4 is 5.73 Å². The van der Waals surface area contributed by atoms with Crippen molar-refractivity contribution in [3.05, 3.63) is 71.2 Å². The fraction of sp³-hybridized carbons (Fsp3) is 0.188. The van der Waals surface area contributed by atoms with E-state index in [9.17, 15) is 0 Å².